The topological polar surface area (TPSA) is 32.8 Å². The molecule has 346 valence electrons. The summed E-state index contributed by atoms with van der Waals surface area (Å²) < 4.78 is 13.1. The van der Waals surface area contributed by atoms with Gasteiger partial charge in [0.2, 0.25) is 0 Å². The van der Waals surface area contributed by atoms with Crippen molar-refractivity contribution in [3.8, 4) is 22.3 Å². The summed E-state index contributed by atoms with van der Waals surface area (Å²) >= 11 is 0. The van der Waals surface area contributed by atoms with E-state index in [0.717, 1.165) is 121 Å². The molecule has 0 fully saturated rings. The zero-order chi connectivity index (χ0) is 48.7. The molecule has 4 nitrogen and oxygen atoms in total. The van der Waals surface area contributed by atoms with Crippen molar-refractivity contribution < 1.29 is 8.83 Å². The van der Waals surface area contributed by atoms with Gasteiger partial charge in [0, 0.05) is 67.2 Å². The number of anilines is 6. The van der Waals surface area contributed by atoms with Crippen LogP contribution in [0.15, 0.2) is 276 Å². The van der Waals surface area contributed by atoms with E-state index in [1.807, 2.05) is 24.3 Å². The lowest BCUT2D eigenvalue weighted by atomic mass is 9.85. The van der Waals surface area contributed by atoms with Gasteiger partial charge in [0.25, 0.3) is 0 Å². The maximum atomic E-state index is 6.56. The van der Waals surface area contributed by atoms with Gasteiger partial charge in [-0.3, -0.25) is 0 Å². The monoisotopic (exact) mass is 944 g/mol. The van der Waals surface area contributed by atoms with Gasteiger partial charge in [-0.1, -0.05) is 182 Å². The smallest absolute Gasteiger partial charge is 0.137 e. The van der Waals surface area contributed by atoms with Crippen LogP contribution in [0.25, 0.3) is 109 Å². The predicted octanol–water partition coefficient (Wildman–Crippen LogP) is 20.4. The van der Waals surface area contributed by atoms with Crippen molar-refractivity contribution in [1.29, 1.82) is 0 Å². The zero-order valence-corrected chi connectivity index (χ0v) is 40.1. The third-order valence-electron chi connectivity index (χ3n) is 15.0. The van der Waals surface area contributed by atoms with E-state index in [4.69, 9.17) is 8.83 Å². The summed E-state index contributed by atoms with van der Waals surface area (Å²) in [6.07, 6.45) is 0. The fraction of sp³-hybridized carbons (Fsp3) is 0. The molecule has 15 rings (SSSR count). The van der Waals surface area contributed by atoms with Gasteiger partial charge >= 0.3 is 0 Å². The van der Waals surface area contributed by atoms with Crippen molar-refractivity contribution in [2.75, 3.05) is 9.80 Å². The highest BCUT2D eigenvalue weighted by molar-refractivity contribution is 6.23. The number of furan rings is 2. The van der Waals surface area contributed by atoms with Gasteiger partial charge < -0.3 is 18.6 Å². The second-order valence-corrected chi connectivity index (χ2v) is 19.2. The number of nitrogens with zero attached hydrogens (tertiary/aromatic N) is 2. The molecule has 2 aromatic heterocycles. The van der Waals surface area contributed by atoms with Crippen LogP contribution in [0.1, 0.15) is 0 Å². The Bertz CT molecular complexity index is 4380. The molecule has 0 amide bonds. The van der Waals surface area contributed by atoms with Crippen LogP contribution in [0.2, 0.25) is 0 Å². The van der Waals surface area contributed by atoms with Crippen LogP contribution in [0.4, 0.5) is 34.1 Å². The lowest BCUT2D eigenvalue weighted by molar-refractivity contribution is 0.668. The molecule has 0 aliphatic carbocycles. The molecule has 0 aliphatic heterocycles. The Morgan fingerprint density at radius 3 is 1.00 bits per heavy atom. The maximum absolute atomic E-state index is 6.56. The summed E-state index contributed by atoms with van der Waals surface area (Å²) in [5.41, 5.74) is 14.4. The minimum atomic E-state index is 0.850. The van der Waals surface area contributed by atoms with Crippen molar-refractivity contribution >= 4 is 121 Å². The molecular weight excluding hydrogens is 901 g/mol. The molecule has 0 atom stereocenters. The van der Waals surface area contributed by atoms with Gasteiger partial charge in [-0.25, -0.2) is 0 Å². The van der Waals surface area contributed by atoms with Crippen LogP contribution < -0.4 is 9.80 Å². The van der Waals surface area contributed by atoms with Crippen molar-refractivity contribution in [1.82, 2.24) is 0 Å². The number of rotatable bonds is 8. The summed E-state index contributed by atoms with van der Waals surface area (Å²) in [6.45, 7) is 0. The molecule has 13 aromatic carbocycles. The maximum Gasteiger partial charge on any atom is 0.137 e. The van der Waals surface area contributed by atoms with Crippen molar-refractivity contribution in [3.63, 3.8) is 0 Å². The van der Waals surface area contributed by atoms with Crippen LogP contribution in [-0.2, 0) is 0 Å². The van der Waals surface area contributed by atoms with E-state index in [-0.39, 0.29) is 0 Å². The van der Waals surface area contributed by atoms with E-state index in [1.54, 1.807) is 0 Å². The molecule has 0 unspecified atom stereocenters. The highest BCUT2D eigenvalue weighted by Crippen LogP contribution is 2.50. The number of hydrogen-bond acceptors (Lipinski definition) is 4. The Labute approximate surface area is 426 Å². The summed E-state index contributed by atoms with van der Waals surface area (Å²) in [5.74, 6) is 0. The van der Waals surface area contributed by atoms with Gasteiger partial charge in [0.05, 0.1) is 11.4 Å². The largest absolute Gasteiger partial charge is 0.456 e. The average Bonchev–Trinajstić information content (AvgIpc) is 4.03. The van der Waals surface area contributed by atoms with E-state index in [2.05, 4.69) is 252 Å². The fourth-order valence-electron chi connectivity index (χ4n) is 11.7. The Hall–Kier alpha value is -9.90. The second kappa shape index (κ2) is 16.9. The molecule has 0 saturated carbocycles. The minimum absolute atomic E-state index is 0.850. The van der Waals surface area contributed by atoms with Crippen LogP contribution >= 0.6 is 0 Å². The average molecular weight is 945 g/mol. The summed E-state index contributed by atoms with van der Waals surface area (Å²) in [5, 5.41) is 13.7. The summed E-state index contributed by atoms with van der Waals surface area (Å²) in [4.78, 5) is 4.80. The van der Waals surface area contributed by atoms with Crippen LogP contribution in [0, 0.1) is 0 Å². The van der Waals surface area contributed by atoms with Crippen LogP contribution in [0.5, 0.6) is 0 Å². The third-order valence-corrected chi connectivity index (χ3v) is 15.0. The van der Waals surface area contributed by atoms with Gasteiger partial charge in [-0.2, -0.15) is 0 Å². The molecule has 0 saturated heterocycles. The molecule has 4 heteroatoms. The summed E-state index contributed by atoms with van der Waals surface area (Å²) in [6, 6.07) is 96.3. The number of para-hydroxylation sites is 2. The normalized spacial score (nSPS) is 11.8. The molecule has 15 aromatic rings. The molecule has 2 heterocycles. The van der Waals surface area contributed by atoms with E-state index >= 15 is 0 Å². The highest BCUT2D eigenvalue weighted by atomic mass is 16.3. The van der Waals surface area contributed by atoms with Crippen LogP contribution in [0.3, 0.4) is 0 Å². The molecule has 74 heavy (non-hydrogen) atoms. The Morgan fingerprint density at radius 2 is 0.554 bits per heavy atom. The lowest BCUT2D eigenvalue weighted by Gasteiger charge is -2.29. The number of fused-ring (bicyclic) bond motifs is 10. The van der Waals surface area contributed by atoms with E-state index in [9.17, 15) is 0 Å². The van der Waals surface area contributed by atoms with E-state index in [0.29, 0.717) is 0 Å². The first kappa shape index (κ1) is 41.8. The van der Waals surface area contributed by atoms with Crippen molar-refractivity contribution in [2.45, 2.75) is 0 Å². The minimum Gasteiger partial charge on any atom is -0.456 e. The fourth-order valence-corrected chi connectivity index (χ4v) is 11.7. The van der Waals surface area contributed by atoms with E-state index < -0.39 is 0 Å². The molecule has 0 N–H and O–H groups in total. The van der Waals surface area contributed by atoms with Gasteiger partial charge in [-0.05, 0) is 127 Å². The van der Waals surface area contributed by atoms with Crippen molar-refractivity contribution in [2.24, 2.45) is 0 Å². The molecule has 0 radical (unpaired) electrons. The Balaban J connectivity index is 1.01. The lowest BCUT2D eigenvalue weighted by Crippen LogP contribution is -2.11. The molecule has 0 aliphatic rings. The summed E-state index contributed by atoms with van der Waals surface area (Å²) in [7, 11) is 0. The Morgan fingerprint density at radius 1 is 0.216 bits per heavy atom. The first-order chi connectivity index (χ1) is 36.7. The van der Waals surface area contributed by atoms with Gasteiger partial charge in [0.1, 0.15) is 22.3 Å². The SMILES string of the molecule is c1ccc(-c2c3ccc(N(c4ccc5c(c4)oc4ccccc45)c4cccc5ccccc45)cc3c(-c3ccccc3)c3ccc(N(c4ccc5c(c4)oc4ccccc45)c4cccc5ccccc45)cc23)cc1. The molecule has 0 spiro atoms. The van der Waals surface area contributed by atoms with Crippen LogP contribution in [-0.4, -0.2) is 0 Å². The van der Waals surface area contributed by atoms with Gasteiger partial charge in [-0.15, -0.1) is 0 Å². The number of benzene rings is 13. The molecular formula is C70H44N2O2. The predicted molar refractivity (Wildman–Crippen MR) is 311 cm³/mol. The number of hydrogen-bond donors (Lipinski definition) is 0. The first-order valence-electron chi connectivity index (χ1n) is 25.2. The zero-order valence-electron chi connectivity index (χ0n) is 40.1. The van der Waals surface area contributed by atoms with E-state index in [1.165, 1.54) is 21.9 Å². The Kier molecular flexibility index (Phi) is 9.54. The quantitative estimate of drug-likeness (QED) is 0.142. The second-order valence-electron chi connectivity index (χ2n) is 19.2. The standard InChI is InChI=1S/C70H44N2O2/c1-3-19-47(20-4-1)69-59-39-35-50(72(64-30-16-24-46-18-8-10-26-54(46)64)52-34-38-58-56-28-12-14-32-66(56)74-68(58)44-52)42-62(59)70(48-21-5-2-6-22-48)60-40-36-49(41-61(60)69)71(63-29-15-23-45-17-7-9-25-53(45)63)51-33-37-57-55-27-11-13-31-65(55)73-67(57)43-51/h1-44H. The van der Waals surface area contributed by atoms with Crippen molar-refractivity contribution in [3.05, 3.63) is 267 Å². The third kappa shape index (κ3) is 6.69. The highest BCUT2D eigenvalue weighted by Gasteiger charge is 2.24. The van der Waals surface area contributed by atoms with Gasteiger partial charge in [0.15, 0.2) is 0 Å². The first-order valence-corrected chi connectivity index (χ1v) is 25.2. The molecule has 0 bridgehead atoms.